The van der Waals surface area contributed by atoms with Gasteiger partial charge in [0.1, 0.15) is 0 Å². The molecule has 0 saturated heterocycles. The molecular weight excluding hydrogens is 224 g/mol. The Morgan fingerprint density at radius 3 is 2.56 bits per heavy atom. The molecule has 1 aromatic rings. The first-order valence-electron chi connectivity index (χ1n) is 6.84. The molecule has 2 aliphatic rings. The highest BCUT2D eigenvalue weighted by molar-refractivity contribution is 5.80. The maximum atomic E-state index is 11.8. The lowest BCUT2D eigenvalue weighted by atomic mass is 10.0. The van der Waals surface area contributed by atoms with Crippen LogP contribution in [0.15, 0.2) is 30.3 Å². The number of carbonyl (C=O) groups excluding carboxylic acids is 1. The van der Waals surface area contributed by atoms with E-state index >= 15 is 0 Å². The third-order valence-corrected chi connectivity index (χ3v) is 4.20. The predicted molar refractivity (Wildman–Crippen MR) is 72.3 cm³/mol. The molecule has 0 spiro atoms. The van der Waals surface area contributed by atoms with Crippen LogP contribution < -0.4 is 10.6 Å². The van der Waals surface area contributed by atoms with Crippen molar-refractivity contribution in [1.29, 1.82) is 0 Å². The van der Waals surface area contributed by atoms with Crippen LogP contribution in [0.1, 0.15) is 25.7 Å². The Hall–Kier alpha value is -1.51. The highest BCUT2D eigenvalue weighted by atomic mass is 16.1. The zero-order chi connectivity index (χ0) is 12.4. The third kappa shape index (κ3) is 2.66. The van der Waals surface area contributed by atoms with E-state index in [9.17, 15) is 4.79 Å². The van der Waals surface area contributed by atoms with E-state index in [2.05, 4.69) is 10.6 Å². The predicted octanol–water partition coefficient (Wildman–Crippen LogP) is 2.40. The van der Waals surface area contributed by atoms with E-state index in [4.69, 9.17) is 0 Å². The Kier molecular flexibility index (Phi) is 2.98. The Morgan fingerprint density at radius 1 is 1.22 bits per heavy atom. The van der Waals surface area contributed by atoms with Crippen molar-refractivity contribution in [2.75, 3.05) is 18.4 Å². The molecule has 2 N–H and O–H groups in total. The van der Waals surface area contributed by atoms with Crippen LogP contribution in [0.4, 0.5) is 5.69 Å². The minimum Gasteiger partial charge on any atom is -0.376 e. The average molecular weight is 244 g/mol. The van der Waals surface area contributed by atoms with Gasteiger partial charge in [0.15, 0.2) is 0 Å². The Bertz CT molecular complexity index is 421. The Balaban J connectivity index is 1.40. The molecule has 3 rings (SSSR count). The number of hydrogen-bond donors (Lipinski definition) is 2. The van der Waals surface area contributed by atoms with Crippen molar-refractivity contribution < 1.29 is 4.79 Å². The van der Waals surface area contributed by atoms with Gasteiger partial charge in [-0.1, -0.05) is 18.2 Å². The van der Waals surface area contributed by atoms with Gasteiger partial charge >= 0.3 is 0 Å². The summed E-state index contributed by atoms with van der Waals surface area (Å²) in [4.78, 5) is 11.8. The van der Waals surface area contributed by atoms with Crippen molar-refractivity contribution in [3.05, 3.63) is 30.3 Å². The normalized spacial score (nSPS) is 20.2. The molecule has 1 aromatic carbocycles. The van der Waals surface area contributed by atoms with E-state index in [1.807, 2.05) is 30.3 Å². The number of hydrogen-bond acceptors (Lipinski definition) is 2. The first-order valence-corrected chi connectivity index (χ1v) is 6.84. The number of nitrogens with one attached hydrogen (secondary N) is 2. The van der Waals surface area contributed by atoms with Crippen LogP contribution in [-0.4, -0.2) is 19.0 Å². The SMILES string of the molecule is O=C(CNc1ccccc1)NCC1(C2CC2)CC1. The van der Waals surface area contributed by atoms with E-state index in [1.54, 1.807) is 0 Å². The van der Waals surface area contributed by atoms with E-state index in [0.29, 0.717) is 12.0 Å². The number of carbonyl (C=O) groups is 1. The molecule has 96 valence electrons. The Morgan fingerprint density at radius 2 is 1.94 bits per heavy atom. The largest absolute Gasteiger partial charge is 0.376 e. The molecule has 0 radical (unpaired) electrons. The van der Waals surface area contributed by atoms with Crippen molar-refractivity contribution in [1.82, 2.24) is 5.32 Å². The van der Waals surface area contributed by atoms with Crippen LogP contribution in [0, 0.1) is 11.3 Å². The van der Waals surface area contributed by atoms with Gasteiger partial charge in [-0.25, -0.2) is 0 Å². The van der Waals surface area contributed by atoms with Crippen LogP contribution in [0.5, 0.6) is 0 Å². The van der Waals surface area contributed by atoms with Gasteiger partial charge in [0.2, 0.25) is 5.91 Å². The molecule has 0 atom stereocenters. The summed E-state index contributed by atoms with van der Waals surface area (Å²) >= 11 is 0. The zero-order valence-corrected chi connectivity index (χ0v) is 10.6. The van der Waals surface area contributed by atoms with Crippen molar-refractivity contribution in [2.24, 2.45) is 11.3 Å². The van der Waals surface area contributed by atoms with Crippen LogP contribution in [0.3, 0.4) is 0 Å². The van der Waals surface area contributed by atoms with Crippen molar-refractivity contribution in [3.8, 4) is 0 Å². The molecule has 3 heteroatoms. The monoisotopic (exact) mass is 244 g/mol. The molecule has 1 amide bonds. The lowest BCUT2D eigenvalue weighted by molar-refractivity contribution is -0.119. The number of rotatable bonds is 6. The third-order valence-electron chi connectivity index (χ3n) is 4.20. The molecule has 0 heterocycles. The summed E-state index contributed by atoms with van der Waals surface area (Å²) in [5.74, 6) is 1.01. The van der Waals surface area contributed by atoms with Crippen molar-refractivity contribution >= 4 is 11.6 Å². The number of benzene rings is 1. The topological polar surface area (TPSA) is 41.1 Å². The van der Waals surface area contributed by atoms with E-state index in [1.165, 1.54) is 25.7 Å². The second-order valence-corrected chi connectivity index (χ2v) is 5.63. The van der Waals surface area contributed by atoms with Gasteiger partial charge in [0.25, 0.3) is 0 Å². The fourth-order valence-electron chi connectivity index (χ4n) is 2.66. The summed E-state index contributed by atoms with van der Waals surface area (Å²) in [6.45, 7) is 1.25. The summed E-state index contributed by atoms with van der Waals surface area (Å²) in [7, 11) is 0. The molecule has 2 saturated carbocycles. The Labute approximate surface area is 108 Å². The van der Waals surface area contributed by atoms with Gasteiger partial charge in [-0.3, -0.25) is 4.79 Å². The van der Waals surface area contributed by atoms with E-state index in [0.717, 1.165) is 18.2 Å². The molecule has 0 unspecified atom stereocenters. The highest BCUT2D eigenvalue weighted by Gasteiger charge is 2.53. The average Bonchev–Trinajstić information content (AvgIpc) is 3.28. The van der Waals surface area contributed by atoms with Crippen LogP contribution in [0.25, 0.3) is 0 Å². The molecule has 0 aromatic heterocycles. The van der Waals surface area contributed by atoms with Crippen LogP contribution >= 0.6 is 0 Å². The molecule has 3 nitrogen and oxygen atoms in total. The van der Waals surface area contributed by atoms with Gasteiger partial charge in [-0.15, -0.1) is 0 Å². The standard InChI is InChI=1S/C15H20N2O/c18-14(10-16-13-4-2-1-3-5-13)17-11-15(8-9-15)12-6-7-12/h1-5,12,16H,6-11H2,(H,17,18). The van der Waals surface area contributed by atoms with Gasteiger partial charge in [-0.05, 0) is 49.1 Å². The molecule has 2 aliphatic carbocycles. The molecule has 0 bridgehead atoms. The molecule has 0 aliphatic heterocycles. The zero-order valence-electron chi connectivity index (χ0n) is 10.6. The minimum atomic E-state index is 0.103. The van der Waals surface area contributed by atoms with Crippen LogP contribution in [-0.2, 0) is 4.79 Å². The van der Waals surface area contributed by atoms with Gasteiger partial charge in [0.05, 0.1) is 6.54 Å². The maximum absolute atomic E-state index is 11.8. The van der Waals surface area contributed by atoms with Crippen molar-refractivity contribution in [2.45, 2.75) is 25.7 Å². The smallest absolute Gasteiger partial charge is 0.239 e. The van der Waals surface area contributed by atoms with Gasteiger partial charge in [-0.2, -0.15) is 0 Å². The van der Waals surface area contributed by atoms with Crippen molar-refractivity contribution in [3.63, 3.8) is 0 Å². The maximum Gasteiger partial charge on any atom is 0.239 e. The minimum absolute atomic E-state index is 0.103. The van der Waals surface area contributed by atoms with E-state index in [-0.39, 0.29) is 5.91 Å². The lowest BCUT2D eigenvalue weighted by Crippen LogP contribution is -2.35. The van der Waals surface area contributed by atoms with Gasteiger partial charge in [0, 0.05) is 12.2 Å². The second kappa shape index (κ2) is 4.63. The first kappa shape index (κ1) is 11.6. The quantitative estimate of drug-likeness (QED) is 0.807. The highest BCUT2D eigenvalue weighted by Crippen LogP contribution is 2.60. The molecule has 18 heavy (non-hydrogen) atoms. The summed E-state index contributed by atoms with van der Waals surface area (Å²) in [5.41, 5.74) is 1.48. The fourth-order valence-corrected chi connectivity index (χ4v) is 2.66. The number of amides is 1. The van der Waals surface area contributed by atoms with E-state index < -0.39 is 0 Å². The number of para-hydroxylation sites is 1. The summed E-state index contributed by atoms with van der Waals surface area (Å²) in [5, 5.41) is 6.21. The first-order chi connectivity index (χ1) is 8.78. The second-order valence-electron chi connectivity index (χ2n) is 5.63. The van der Waals surface area contributed by atoms with Crippen LogP contribution in [0.2, 0.25) is 0 Å². The fraction of sp³-hybridized carbons (Fsp3) is 0.533. The molecule has 2 fully saturated rings. The number of anilines is 1. The summed E-state index contributed by atoms with van der Waals surface area (Å²) in [6.07, 6.45) is 5.37. The summed E-state index contributed by atoms with van der Waals surface area (Å²) in [6, 6.07) is 9.84. The van der Waals surface area contributed by atoms with Gasteiger partial charge < -0.3 is 10.6 Å². The molecular formula is C15H20N2O. The lowest BCUT2D eigenvalue weighted by Gasteiger charge is -2.15. The summed E-state index contributed by atoms with van der Waals surface area (Å²) < 4.78 is 0.